The Morgan fingerprint density at radius 3 is 2.64 bits per heavy atom. The molecule has 0 unspecified atom stereocenters. The molecule has 2 heterocycles. The molecule has 5 nitrogen and oxygen atoms in total. The Hall–Kier alpha value is -3.54. The predicted octanol–water partition coefficient (Wildman–Crippen LogP) is 3.73. The lowest BCUT2D eigenvalue weighted by Gasteiger charge is -2.07. The predicted molar refractivity (Wildman–Crippen MR) is 92.1 cm³/mol. The van der Waals surface area contributed by atoms with Crippen molar-refractivity contribution in [1.29, 1.82) is 0 Å². The summed E-state index contributed by atoms with van der Waals surface area (Å²) in [5, 5.41) is 3.21. The first-order chi connectivity index (χ1) is 12.1. The van der Waals surface area contributed by atoms with Gasteiger partial charge in [0.05, 0.1) is 10.8 Å². The third kappa shape index (κ3) is 2.63. The number of aromatic nitrogens is 1. The number of amides is 1. The zero-order valence-corrected chi connectivity index (χ0v) is 12.8. The van der Waals surface area contributed by atoms with Gasteiger partial charge < -0.3 is 9.73 Å². The van der Waals surface area contributed by atoms with Gasteiger partial charge in [0.25, 0.3) is 5.91 Å². The summed E-state index contributed by atoms with van der Waals surface area (Å²) in [5.74, 6) is -0.932. The first-order valence-electron chi connectivity index (χ1n) is 7.50. The first kappa shape index (κ1) is 15.0. The molecule has 0 saturated heterocycles. The Balaban J connectivity index is 1.80. The smallest absolute Gasteiger partial charge is 0.255 e. The highest BCUT2D eigenvalue weighted by Gasteiger charge is 2.12. The summed E-state index contributed by atoms with van der Waals surface area (Å²) in [6, 6.07) is 12.0. The molecule has 4 rings (SSSR count). The van der Waals surface area contributed by atoms with Crippen molar-refractivity contribution in [3.63, 3.8) is 0 Å². The molecule has 0 aliphatic carbocycles. The lowest BCUT2D eigenvalue weighted by Crippen LogP contribution is -2.12. The van der Waals surface area contributed by atoms with Gasteiger partial charge in [0.2, 0.25) is 5.43 Å². The largest absolute Gasteiger partial charge is 0.453 e. The maximum absolute atomic E-state index is 13.9. The topological polar surface area (TPSA) is 72.2 Å². The van der Waals surface area contributed by atoms with E-state index >= 15 is 0 Å². The maximum Gasteiger partial charge on any atom is 0.255 e. The average molecular weight is 334 g/mol. The van der Waals surface area contributed by atoms with E-state index in [1.807, 2.05) is 0 Å². The highest BCUT2D eigenvalue weighted by Crippen LogP contribution is 2.23. The van der Waals surface area contributed by atoms with Crippen LogP contribution in [0.25, 0.3) is 21.9 Å². The van der Waals surface area contributed by atoms with E-state index < -0.39 is 5.82 Å². The number of hydrogen-bond acceptors (Lipinski definition) is 4. The summed E-state index contributed by atoms with van der Waals surface area (Å²) in [6.45, 7) is 0. The van der Waals surface area contributed by atoms with Gasteiger partial charge in [-0.05, 0) is 36.4 Å². The fraction of sp³-hybridized carbons (Fsp3) is 0. The Bertz CT molecular complexity index is 1170. The molecule has 0 saturated carbocycles. The third-order valence-electron chi connectivity index (χ3n) is 3.85. The van der Waals surface area contributed by atoms with Gasteiger partial charge in [0, 0.05) is 29.7 Å². The second kappa shape index (κ2) is 5.83. The van der Waals surface area contributed by atoms with Gasteiger partial charge in [-0.1, -0.05) is 6.07 Å². The Morgan fingerprint density at radius 1 is 1.04 bits per heavy atom. The van der Waals surface area contributed by atoms with Crippen LogP contribution in [0, 0.1) is 5.82 Å². The second-order valence-corrected chi connectivity index (χ2v) is 5.45. The Kier molecular flexibility index (Phi) is 3.50. The summed E-state index contributed by atoms with van der Waals surface area (Å²) in [6.07, 6.45) is 3.03. The third-order valence-corrected chi connectivity index (χ3v) is 3.85. The van der Waals surface area contributed by atoms with Gasteiger partial charge in [-0.15, -0.1) is 0 Å². The normalized spacial score (nSPS) is 10.9. The fourth-order valence-electron chi connectivity index (χ4n) is 2.63. The van der Waals surface area contributed by atoms with Crippen LogP contribution in [0.4, 0.5) is 10.1 Å². The monoisotopic (exact) mass is 334 g/mol. The van der Waals surface area contributed by atoms with Crippen LogP contribution in [0.3, 0.4) is 0 Å². The zero-order valence-electron chi connectivity index (χ0n) is 12.8. The van der Waals surface area contributed by atoms with E-state index in [1.54, 1.807) is 24.3 Å². The van der Waals surface area contributed by atoms with Crippen molar-refractivity contribution in [3.05, 3.63) is 82.5 Å². The van der Waals surface area contributed by atoms with Crippen molar-refractivity contribution in [3.8, 4) is 0 Å². The van der Waals surface area contributed by atoms with Crippen LogP contribution in [0.1, 0.15) is 10.4 Å². The first-order valence-corrected chi connectivity index (χ1v) is 7.50. The van der Waals surface area contributed by atoms with Crippen molar-refractivity contribution in [2.45, 2.75) is 0 Å². The molecule has 0 bridgehead atoms. The van der Waals surface area contributed by atoms with Gasteiger partial charge in [-0.2, -0.15) is 0 Å². The highest BCUT2D eigenvalue weighted by molar-refractivity contribution is 6.05. The number of para-hydroxylation sites is 1. The van der Waals surface area contributed by atoms with Crippen LogP contribution in [-0.4, -0.2) is 10.9 Å². The van der Waals surface area contributed by atoms with E-state index in [9.17, 15) is 14.0 Å². The molecule has 0 radical (unpaired) electrons. The minimum atomic E-state index is -0.609. The van der Waals surface area contributed by atoms with Crippen LogP contribution < -0.4 is 10.7 Å². The van der Waals surface area contributed by atoms with Crippen molar-refractivity contribution < 1.29 is 13.6 Å². The molecule has 0 atom stereocenters. The van der Waals surface area contributed by atoms with E-state index in [0.717, 1.165) is 0 Å². The van der Waals surface area contributed by atoms with Gasteiger partial charge in [-0.3, -0.25) is 14.6 Å². The second-order valence-electron chi connectivity index (χ2n) is 5.45. The van der Waals surface area contributed by atoms with E-state index in [0.29, 0.717) is 16.6 Å². The molecule has 1 amide bonds. The van der Waals surface area contributed by atoms with Gasteiger partial charge >= 0.3 is 0 Å². The summed E-state index contributed by atoms with van der Waals surface area (Å²) in [7, 11) is 0. The molecular weight excluding hydrogens is 323 g/mol. The average Bonchev–Trinajstić information content (AvgIpc) is 2.63. The van der Waals surface area contributed by atoms with Crippen molar-refractivity contribution >= 4 is 33.5 Å². The molecule has 2 aromatic carbocycles. The number of anilines is 1. The van der Waals surface area contributed by atoms with Crippen LogP contribution in [-0.2, 0) is 0 Å². The van der Waals surface area contributed by atoms with Crippen molar-refractivity contribution in [2.24, 2.45) is 0 Å². The molecule has 4 aromatic rings. The highest BCUT2D eigenvalue weighted by atomic mass is 19.1. The number of nitrogens with one attached hydrogen (secondary N) is 1. The quantitative estimate of drug-likeness (QED) is 0.567. The number of pyridine rings is 1. The van der Waals surface area contributed by atoms with Crippen LogP contribution in [0.15, 0.2) is 70.1 Å². The van der Waals surface area contributed by atoms with E-state index in [2.05, 4.69) is 10.3 Å². The number of nitrogens with zero attached hydrogens (tertiary/aromatic N) is 1. The fourth-order valence-corrected chi connectivity index (χ4v) is 2.63. The van der Waals surface area contributed by atoms with E-state index in [1.165, 1.54) is 36.7 Å². The van der Waals surface area contributed by atoms with Gasteiger partial charge in [0.1, 0.15) is 5.58 Å². The minimum absolute atomic E-state index is 0.0994. The lowest BCUT2D eigenvalue weighted by molar-refractivity contribution is 0.102. The molecule has 0 fully saturated rings. The van der Waals surface area contributed by atoms with Crippen LogP contribution >= 0.6 is 0 Å². The lowest BCUT2D eigenvalue weighted by atomic mass is 10.1. The molecule has 122 valence electrons. The molecule has 0 spiro atoms. The summed E-state index contributed by atoms with van der Waals surface area (Å²) in [5.41, 5.74) is 0.671. The van der Waals surface area contributed by atoms with Crippen molar-refractivity contribution in [1.82, 2.24) is 4.98 Å². The number of hydrogen-bond donors (Lipinski definition) is 1. The maximum atomic E-state index is 13.9. The molecule has 0 aliphatic heterocycles. The molecule has 6 heteroatoms. The number of benzene rings is 2. The number of halogens is 1. The molecule has 25 heavy (non-hydrogen) atoms. The number of rotatable bonds is 2. The minimum Gasteiger partial charge on any atom is -0.453 e. The molecule has 0 aliphatic rings. The van der Waals surface area contributed by atoms with E-state index in [-0.39, 0.29) is 27.9 Å². The van der Waals surface area contributed by atoms with Crippen LogP contribution in [0.2, 0.25) is 0 Å². The Labute approximate surface area is 140 Å². The van der Waals surface area contributed by atoms with E-state index in [4.69, 9.17) is 4.42 Å². The summed E-state index contributed by atoms with van der Waals surface area (Å²) >= 11 is 0. The Morgan fingerprint density at radius 2 is 1.84 bits per heavy atom. The number of carbonyl (C=O) groups is 1. The standard InChI is InChI=1S/C19H11FN2O3/c20-15-3-1-2-14-17(23)13-5-4-12(10-16(13)25-18(14)15)22-19(24)11-6-8-21-9-7-11/h1-10H,(H,22,24). The van der Waals surface area contributed by atoms with Crippen LogP contribution in [0.5, 0.6) is 0 Å². The van der Waals surface area contributed by atoms with Gasteiger partial charge in [0.15, 0.2) is 11.4 Å². The number of carbonyl (C=O) groups excluding carboxylic acids is 1. The SMILES string of the molecule is O=C(Nc1ccc2c(=O)c3cccc(F)c3oc2c1)c1ccncc1. The summed E-state index contributed by atoms with van der Waals surface area (Å²) in [4.78, 5) is 28.5. The summed E-state index contributed by atoms with van der Waals surface area (Å²) < 4.78 is 19.5. The van der Waals surface area contributed by atoms with Crippen molar-refractivity contribution in [2.75, 3.05) is 5.32 Å². The zero-order chi connectivity index (χ0) is 17.4. The number of fused-ring (bicyclic) bond motifs is 2. The molecule has 2 aromatic heterocycles. The molecular formula is C19H11FN2O3. The van der Waals surface area contributed by atoms with Gasteiger partial charge in [-0.25, -0.2) is 4.39 Å². The molecule has 1 N–H and O–H groups in total.